The quantitative estimate of drug-likeness (QED) is 0.856. The van der Waals surface area contributed by atoms with E-state index >= 15 is 0 Å². The lowest BCUT2D eigenvalue weighted by Crippen LogP contribution is -2.47. The summed E-state index contributed by atoms with van der Waals surface area (Å²) >= 11 is 0. The molecule has 1 fully saturated rings. The minimum absolute atomic E-state index is 0.0988. The van der Waals surface area contributed by atoms with Gasteiger partial charge in [0.25, 0.3) is 5.56 Å². The molecular weight excluding hydrogens is 324 g/mol. The first-order valence-corrected chi connectivity index (χ1v) is 9.17. The summed E-state index contributed by atoms with van der Waals surface area (Å²) in [5.41, 5.74) is 3.40. The summed E-state index contributed by atoms with van der Waals surface area (Å²) in [5, 5.41) is 9.86. The van der Waals surface area contributed by atoms with Crippen molar-refractivity contribution in [3.05, 3.63) is 64.1 Å². The molecule has 2 bridgehead atoms. The van der Waals surface area contributed by atoms with Crippen molar-refractivity contribution in [3.8, 4) is 6.07 Å². The van der Waals surface area contributed by atoms with Gasteiger partial charge in [0, 0.05) is 57.1 Å². The number of anilines is 1. The molecule has 1 aromatic carbocycles. The van der Waals surface area contributed by atoms with E-state index in [4.69, 9.17) is 0 Å². The van der Waals surface area contributed by atoms with Crippen LogP contribution in [0.5, 0.6) is 0 Å². The summed E-state index contributed by atoms with van der Waals surface area (Å²) in [6.45, 7) is 2.46. The van der Waals surface area contributed by atoms with Gasteiger partial charge in [-0.1, -0.05) is 18.2 Å². The van der Waals surface area contributed by atoms with Crippen LogP contribution in [0, 0.1) is 17.2 Å². The molecule has 0 radical (unpaired) electrons. The molecule has 0 aliphatic carbocycles. The molecule has 2 aliphatic rings. The maximum atomic E-state index is 12.2. The molecule has 2 aromatic rings. The summed E-state index contributed by atoms with van der Waals surface area (Å²) in [6, 6.07) is 16.1. The van der Waals surface area contributed by atoms with Crippen molar-refractivity contribution in [3.63, 3.8) is 0 Å². The summed E-state index contributed by atoms with van der Waals surface area (Å²) in [4.78, 5) is 16.5. The van der Waals surface area contributed by atoms with Gasteiger partial charge in [-0.15, -0.1) is 0 Å². The van der Waals surface area contributed by atoms with E-state index in [9.17, 15) is 10.1 Å². The third-order valence-corrected chi connectivity index (χ3v) is 5.72. The van der Waals surface area contributed by atoms with E-state index in [0.717, 1.165) is 43.0 Å². The molecule has 0 N–H and O–H groups in total. The molecule has 0 saturated carbocycles. The number of benzene rings is 1. The molecule has 26 heavy (non-hydrogen) atoms. The second-order valence-corrected chi connectivity index (χ2v) is 7.67. The van der Waals surface area contributed by atoms with Crippen LogP contribution in [0.15, 0.2) is 47.3 Å². The SMILES string of the molecule is CN(C)c1ccc([C@H](C#N)N2C[C@@H]3C[C@H](C2)c2cccc(=O)n2C3)cc1. The predicted molar refractivity (Wildman–Crippen MR) is 102 cm³/mol. The van der Waals surface area contributed by atoms with Crippen LogP contribution >= 0.6 is 0 Å². The minimum atomic E-state index is -0.238. The largest absolute Gasteiger partial charge is 0.378 e. The summed E-state index contributed by atoms with van der Waals surface area (Å²) in [5.74, 6) is 0.756. The van der Waals surface area contributed by atoms with Crippen molar-refractivity contribution in [2.45, 2.75) is 24.9 Å². The third-order valence-electron chi connectivity index (χ3n) is 5.72. The first-order valence-electron chi connectivity index (χ1n) is 9.17. The molecule has 0 unspecified atom stereocenters. The molecule has 3 atom stereocenters. The molecule has 3 heterocycles. The average molecular weight is 348 g/mol. The van der Waals surface area contributed by atoms with Gasteiger partial charge in [0.15, 0.2) is 0 Å². The van der Waals surface area contributed by atoms with Crippen molar-refractivity contribution >= 4 is 5.69 Å². The van der Waals surface area contributed by atoms with Crippen LogP contribution in [-0.4, -0.2) is 36.7 Å². The van der Waals surface area contributed by atoms with Crippen molar-refractivity contribution < 1.29 is 0 Å². The first kappa shape index (κ1) is 16.9. The van der Waals surface area contributed by atoms with Crippen LogP contribution in [-0.2, 0) is 6.54 Å². The van der Waals surface area contributed by atoms with E-state index in [1.54, 1.807) is 6.07 Å². The highest BCUT2D eigenvalue weighted by Crippen LogP contribution is 2.38. The second kappa shape index (κ2) is 6.62. The van der Waals surface area contributed by atoms with E-state index in [2.05, 4.69) is 46.2 Å². The Morgan fingerprint density at radius 3 is 2.58 bits per heavy atom. The van der Waals surface area contributed by atoms with Gasteiger partial charge >= 0.3 is 0 Å². The standard InChI is InChI=1S/C21H24N4O/c1-23(2)18-8-6-16(7-9-18)20(11-22)24-12-15-10-17(14-24)19-4-3-5-21(26)25(19)13-15/h3-9,15,17,20H,10,12-14H2,1-2H3/t15-,17+,20-/m0/s1. The number of hydrogen-bond acceptors (Lipinski definition) is 4. The monoisotopic (exact) mass is 348 g/mol. The lowest BCUT2D eigenvalue weighted by molar-refractivity contribution is 0.100. The summed E-state index contributed by atoms with van der Waals surface area (Å²) < 4.78 is 1.93. The van der Waals surface area contributed by atoms with Crippen molar-refractivity contribution in [1.82, 2.24) is 9.47 Å². The fourth-order valence-corrected chi connectivity index (χ4v) is 4.47. The van der Waals surface area contributed by atoms with Crippen molar-refractivity contribution in [1.29, 1.82) is 5.26 Å². The number of aromatic nitrogens is 1. The third kappa shape index (κ3) is 2.91. The van der Waals surface area contributed by atoms with E-state index in [0.29, 0.717) is 11.8 Å². The normalized spacial score (nSPS) is 23.0. The average Bonchev–Trinajstić information content (AvgIpc) is 2.64. The van der Waals surface area contributed by atoms with Crippen LogP contribution in [0.2, 0.25) is 0 Å². The molecule has 0 amide bonds. The van der Waals surface area contributed by atoms with Crippen molar-refractivity contribution in [2.75, 3.05) is 32.1 Å². The number of nitrogens with zero attached hydrogens (tertiary/aromatic N) is 4. The minimum Gasteiger partial charge on any atom is -0.378 e. The highest BCUT2D eigenvalue weighted by Gasteiger charge is 2.37. The highest BCUT2D eigenvalue weighted by molar-refractivity contribution is 5.47. The Kier molecular flexibility index (Phi) is 4.29. The topological polar surface area (TPSA) is 52.3 Å². The highest BCUT2D eigenvalue weighted by atomic mass is 16.1. The molecule has 5 nitrogen and oxygen atoms in total. The second-order valence-electron chi connectivity index (χ2n) is 7.67. The van der Waals surface area contributed by atoms with Gasteiger partial charge in [0.1, 0.15) is 6.04 Å². The molecule has 4 rings (SSSR count). The number of fused-ring (bicyclic) bond motifs is 4. The Balaban J connectivity index is 1.61. The van der Waals surface area contributed by atoms with Gasteiger partial charge in [-0.25, -0.2) is 0 Å². The van der Waals surface area contributed by atoms with E-state index in [-0.39, 0.29) is 11.6 Å². The number of piperidine rings is 1. The molecule has 1 aromatic heterocycles. The Labute approximate surface area is 154 Å². The van der Waals surface area contributed by atoms with Crippen LogP contribution in [0.1, 0.15) is 29.6 Å². The summed E-state index contributed by atoms with van der Waals surface area (Å²) in [7, 11) is 4.03. The zero-order chi connectivity index (χ0) is 18.3. The Hall–Kier alpha value is -2.58. The van der Waals surface area contributed by atoms with Gasteiger partial charge < -0.3 is 9.47 Å². The van der Waals surface area contributed by atoms with Gasteiger partial charge in [-0.2, -0.15) is 5.26 Å². The fraction of sp³-hybridized carbons (Fsp3) is 0.429. The molecule has 134 valence electrons. The predicted octanol–water partition coefficient (Wildman–Crippen LogP) is 2.60. The molecule has 0 spiro atoms. The van der Waals surface area contributed by atoms with Gasteiger partial charge in [-0.05, 0) is 36.1 Å². The summed E-state index contributed by atoms with van der Waals surface area (Å²) in [6.07, 6.45) is 1.11. The molecule has 2 aliphatic heterocycles. The van der Waals surface area contributed by atoms with Crippen molar-refractivity contribution in [2.24, 2.45) is 5.92 Å². The zero-order valence-electron chi connectivity index (χ0n) is 15.3. The number of pyridine rings is 1. The van der Waals surface area contributed by atoms with E-state index in [1.807, 2.05) is 24.7 Å². The maximum absolute atomic E-state index is 12.2. The van der Waals surface area contributed by atoms with E-state index in [1.165, 1.54) is 0 Å². The first-order chi connectivity index (χ1) is 12.6. The van der Waals surface area contributed by atoms with Crippen LogP contribution < -0.4 is 10.5 Å². The number of rotatable bonds is 3. The smallest absolute Gasteiger partial charge is 0.250 e. The van der Waals surface area contributed by atoms with Gasteiger partial charge in [0.05, 0.1) is 6.07 Å². The zero-order valence-corrected chi connectivity index (χ0v) is 15.3. The van der Waals surface area contributed by atoms with E-state index < -0.39 is 0 Å². The molecular formula is C21H24N4O. The van der Waals surface area contributed by atoms with Gasteiger partial charge in [0.2, 0.25) is 0 Å². The molecule has 1 saturated heterocycles. The number of likely N-dealkylation sites (tertiary alicyclic amines) is 1. The Morgan fingerprint density at radius 2 is 1.88 bits per heavy atom. The Morgan fingerprint density at radius 1 is 1.12 bits per heavy atom. The Bertz CT molecular complexity index is 893. The van der Waals surface area contributed by atoms with Crippen LogP contribution in [0.4, 0.5) is 5.69 Å². The molecule has 5 heteroatoms. The van der Waals surface area contributed by atoms with Crippen LogP contribution in [0.3, 0.4) is 0 Å². The van der Waals surface area contributed by atoms with Gasteiger partial charge in [-0.3, -0.25) is 9.69 Å². The fourth-order valence-electron chi connectivity index (χ4n) is 4.47. The lowest BCUT2D eigenvalue weighted by Gasteiger charge is -2.44. The number of nitriles is 1. The maximum Gasteiger partial charge on any atom is 0.250 e. The lowest BCUT2D eigenvalue weighted by atomic mass is 9.82. The number of hydrogen-bond donors (Lipinski definition) is 0. The van der Waals surface area contributed by atoms with Crippen LogP contribution in [0.25, 0.3) is 0 Å².